The van der Waals surface area contributed by atoms with Crippen LogP contribution in [0.4, 0.5) is 0 Å². The number of benzene rings is 1. The molecule has 0 aliphatic carbocycles. The molecular formula is C12H16O2. The summed E-state index contributed by atoms with van der Waals surface area (Å²) in [4.78, 5) is 10.6. The molecule has 1 atom stereocenters. The monoisotopic (exact) mass is 192 g/mol. The van der Waals surface area contributed by atoms with Crippen molar-refractivity contribution >= 4 is 5.97 Å². The largest absolute Gasteiger partial charge is 0.481 e. The van der Waals surface area contributed by atoms with Gasteiger partial charge in [-0.15, -0.1) is 0 Å². The highest BCUT2D eigenvalue weighted by Gasteiger charge is 2.10. The van der Waals surface area contributed by atoms with Crippen LogP contribution in [-0.2, 0) is 17.6 Å². The van der Waals surface area contributed by atoms with E-state index in [1.54, 1.807) is 6.92 Å². The Morgan fingerprint density at radius 1 is 1.29 bits per heavy atom. The third kappa shape index (κ3) is 2.87. The standard InChI is InChI=1S/C12H16O2/c1-3-10-4-6-11(7-5-10)8-9(2)12(13)14/h4-7,9H,3,8H2,1-2H3,(H,13,14)/t9-/m0/s1. The Labute approximate surface area is 84.6 Å². The first-order valence-electron chi connectivity index (χ1n) is 4.94. The summed E-state index contributed by atoms with van der Waals surface area (Å²) in [6.45, 7) is 3.84. The van der Waals surface area contributed by atoms with Gasteiger partial charge in [0, 0.05) is 0 Å². The van der Waals surface area contributed by atoms with Crippen molar-refractivity contribution in [1.29, 1.82) is 0 Å². The molecule has 14 heavy (non-hydrogen) atoms. The first kappa shape index (κ1) is 10.8. The van der Waals surface area contributed by atoms with Gasteiger partial charge in [-0.05, 0) is 24.0 Å². The van der Waals surface area contributed by atoms with Crippen LogP contribution < -0.4 is 0 Å². The third-order valence-corrected chi connectivity index (χ3v) is 2.39. The van der Waals surface area contributed by atoms with Crippen LogP contribution in [0.5, 0.6) is 0 Å². The highest BCUT2D eigenvalue weighted by Crippen LogP contribution is 2.10. The first-order chi connectivity index (χ1) is 6.63. The maximum absolute atomic E-state index is 10.6. The van der Waals surface area contributed by atoms with Crippen molar-refractivity contribution in [3.63, 3.8) is 0 Å². The van der Waals surface area contributed by atoms with E-state index in [1.807, 2.05) is 12.1 Å². The van der Waals surface area contributed by atoms with Gasteiger partial charge in [-0.1, -0.05) is 38.1 Å². The molecule has 76 valence electrons. The second-order valence-corrected chi connectivity index (χ2v) is 3.61. The van der Waals surface area contributed by atoms with E-state index < -0.39 is 5.97 Å². The number of hydrogen-bond donors (Lipinski definition) is 1. The maximum atomic E-state index is 10.6. The fraction of sp³-hybridized carbons (Fsp3) is 0.417. The quantitative estimate of drug-likeness (QED) is 0.795. The summed E-state index contributed by atoms with van der Waals surface area (Å²) in [6.07, 6.45) is 1.63. The number of hydrogen-bond acceptors (Lipinski definition) is 1. The van der Waals surface area contributed by atoms with E-state index in [1.165, 1.54) is 5.56 Å². The van der Waals surface area contributed by atoms with Crippen molar-refractivity contribution in [2.45, 2.75) is 26.7 Å². The van der Waals surface area contributed by atoms with E-state index >= 15 is 0 Å². The molecule has 1 N–H and O–H groups in total. The van der Waals surface area contributed by atoms with E-state index in [2.05, 4.69) is 19.1 Å². The van der Waals surface area contributed by atoms with Crippen LogP contribution in [-0.4, -0.2) is 11.1 Å². The van der Waals surface area contributed by atoms with Crippen LogP contribution in [0.1, 0.15) is 25.0 Å². The van der Waals surface area contributed by atoms with Gasteiger partial charge in [0.1, 0.15) is 0 Å². The van der Waals surface area contributed by atoms with E-state index in [9.17, 15) is 4.79 Å². The molecule has 0 aliphatic rings. The Bertz CT molecular complexity index is 301. The van der Waals surface area contributed by atoms with Crippen LogP contribution in [0.15, 0.2) is 24.3 Å². The van der Waals surface area contributed by atoms with Gasteiger partial charge in [-0.25, -0.2) is 0 Å². The molecule has 0 aliphatic heterocycles. The Hall–Kier alpha value is -1.31. The highest BCUT2D eigenvalue weighted by molar-refractivity contribution is 5.69. The number of aryl methyl sites for hydroxylation is 1. The van der Waals surface area contributed by atoms with Gasteiger partial charge in [0.2, 0.25) is 0 Å². The summed E-state index contributed by atoms with van der Waals surface area (Å²) in [5.74, 6) is -1.04. The molecule has 0 aromatic heterocycles. The maximum Gasteiger partial charge on any atom is 0.306 e. The molecule has 1 aromatic carbocycles. The van der Waals surface area contributed by atoms with Gasteiger partial charge >= 0.3 is 5.97 Å². The van der Waals surface area contributed by atoms with E-state index in [0.29, 0.717) is 6.42 Å². The molecule has 0 saturated heterocycles. The summed E-state index contributed by atoms with van der Waals surface area (Å²) in [7, 11) is 0. The Balaban J connectivity index is 2.64. The molecular weight excluding hydrogens is 176 g/mol. The van der Waals surface area contributed by atoms with Gasteiger partial charge in [0.15, 0.2) is 0 Å². The smallest absolute Gasteiger partial charge is 0.306 e. The molecule has 2 heteroatoms. The number of carboxylic acids is 1. The van der Waals surface area contributed by atoms with Crippen molar-refractivity contribution in [3.8, 4) is 0 Å². The molecule has 0 radical (unpaired) electrons. The topological polar surface area (TPSA) is 37.3 Å². The normalized spacial score (nSPS) is 12.4. The molecule has 0 bridgehead atoms. The zero-order chi connectivity index (χ0) is 10.6. The second-order valence-electron chi connectivity index (χ2n) is 3.61. The van der Waals surface area contributed by atoms with Gasteiger partial charge in [0.05, 0.1) is 5.92 Å². The summed E-state index contributed by atoms with van der Waals surface area (Å²) in [6, 6.07) is 8.14. The average Bonchev–Trinajstić information content (AvgIpc) is 2.19. The number of aliphatic carboxylic acids is 1. The lowest BCUT2D eigenvalue weighted by atomic mass is 10.00. The van der Waals surface area contributed by atoms with Crippen molar-refractivity contribution in [1.82, 2.24) is 0 Å². The van der Waals surface area contributed by atoms with Crippen molar-refractivity contribution in [3.05, 3.63) is 35.4 Å². The highest BCUT2D eigenvalue weighted by atomic mass is 16.4. The average molecular weight is 192 g/mol. The lowest BCUT2D eigenvalue weighted by molar-refractivity contribution is -0.141. The fourth-order valence-corrected chi connectivity index (χ4v) is 1.35. The Morgan fingerprint density at radius 3 is 2.21 bits per heavy atom. The van der Waals surface area contributed by atoms with Crippen LogP contribution in [0.25, 0.3) is 0 Å². The van der Waals surface area contributed by atoms with Gasteiger partial charge in [0.25, 0.3) is 0 Å². The minimum absolute atomic E-state index is 0.303. The number of rotatable bonds is 4. The van der Waals surface area contributed by atoms with Gasteiger partial charge < -0.3 is 5.11 Å². The van der Waals surface area contributed by atoms with Crippen molar-refractivity contribution in [2.24, 2.45) is 5.92 Å². The molecule has 0 heterocycles. The fourth-order valence-electron chi connectivity index (χ4n) is 1.35. The predicted octanol–water partition coefficient (Wildman–Crippen LogP) is 2.51. The van der Waals surface area contributed by atoms with Crippen LogP contribution in [0.3, 0.4) is 0 Å². The molecule has 0 unspecified atom stereocenters. The molecule has 0 spiro atoms. The summed E-state index contributed by atoms with van der Waals surface area (Å²) in [5, 5.41) is 8.74. The van der Waals surface area contributed by atoms with Crippen LogP contribution >= 0.6 is 0 Å². The lowest BCUT2D eigenvalue weighted by Gasteiger charge is -2.06. The molecule has 0 saturated carbocycles. The third-order valence-electron chi connectivity index (χ3n) is 2.39. The molecule has 1 rings (SSSR count). The van der Waals surface area contributed by atoms with Gasteiger partial charge in [-0.2, -0.15) is 0 Å². The van der Waals surface area contributed by atoms with E-state index in [4.69, 9.17) is 5.11 Å². The van der Waals surface area contributed by atoms with Crippen LogP contribution in [0, 0.1) is 5.92 Å². The lowest BCUT2D eigenvalue weighted by Crippen LogP contribution is -2.12. The minimum Gasteiger partial charge on any atom is -0.481 e. The predicted molar refractivity (Wildman–Crippen MR) is 56.3 cm³/mol. The van der Waals surface area contributed by atoms with E-state index in [-0.39, 0.29) is 5.92 Å². The van der Waals surface area contributed by atoms with Crippen molar-refractivity contribution < 1.29 is 9.90 Å². The molecule has 2 nitrogen and oxygen atoms in total. The molecule has 0 fully saturated rings. The molecule has 0 amide bonds. The zero-order valence-corrected chi connectivity index (χ0v) is 8.66. The Morgan fingerprint density at radius 2 is 1.79 bits per heavy atom. The first-order valence-corrected chi connectivity index (χ1v) is 4.94. The number of carbonyl (C=O) groups is 1. The van der Waals surface area contributed by atoms with Crippen LogP contribution in [0.2, 0.25) is 0 Å². The SMILES string of the molecule is CCc1ccc(C[C@H](C)C(=O)O)cc1. The summed E-state index contributed by atoms with van der Waals surface area (Å²) in [5.41, 5.74) is 2.38. The second kappa shape index (κ2) is 4.80. The number of carboxylic acid groups (broad SMARTS) is 1. The zero-order valence-electron chi connectivity index (χ0n) is 8.66. The molecule has 1 aromatic rings. The summed E-state index contributed by atoms with van der Waals surface area (Å²) < 4.78 is 0. The Kier molecular flexibility index (Phi) is 3.69. The van der Waals surface area contributed by atoms with E-state index in [0.717, 1.165) is 12.0 Å². The van der Waals surface area contributed by atoms with Crippen molar-refractivity contribution in [2.75, 3.05) is 0 Å². The minimum atomic E-state index is -0.732. The summed E-state index contributed by atoms with van der Waals surface area (Å²) >= 11 is 0. The van der Waals surface area contributed by atoms with Gasteiger partial charge in [-0.3, -0.25) is 4.79 Å².